The molecule has 1 unspecified atom stereocenters. The van der Waals surface area contributed by atoms with Gasteiger partial charge in [0.15, 0.2) is 0 Å². The Hall–Kier alpha value is -1.36. The van der Waals surface area contributed by atoms with Gasteiger partial charge >= 0.3 is 11.9 Å². The summed E-state index contributed by atoms with van der Waals surface area (Å²) in [7, 11) is 0. The first-order valence-electron chi connectivity index (χ1n) is 8.08. The Kier molecular flexibility index (Phi) is 2.81. The molecule has 2 bridgehead atoms. The maximum absolute atomic E-state index is 11.8. The number of esters is 2. The van der Waals surface area contributed by atoms with Gasteiger partial charge in [0.05, 0.1) is 12.5 Å². The maximum atomic E-state index is 11.8. The van der Waals surface area contributed by atoms with Crippen LogP contribution in [0.15, 0.2) is 12.2 Å². The average Bonchev–Trinajstić information content (AvgIpc) is 2.94. The minimum Gasteiger partial charge on any atom is -0.458 e. The van der Waals surface area contributed by atoms with Gasteiger partial charge in [0.25, 0.3) is 0 Å². The molecule has 4 rings (SSSR count). The number of carbonyl (C=O) groups is 2. The molecular formula is C17H22O5. The molecule has 2 spiro atoms. The smallest absolute Gasteiger partial charge is 0.311 e. The lowest BCUT2D eigenvalue weighted by Crippen LogP contribution is -2.58. The van der Waals surface area contributed by atoms with Crippen molar-refractivity contribution in [2.75, 3.05) is 6.61 Å². The summed E-state index contributed by atoms with van der Waals surface area (Å²) in [5.74, 6) is -0.447. The number of ether oxygens (including phenoxy) is 3. The van der Waals surface area contributed by atoms with Crippen LogP contribution in [0.4, 0.5) is 0 Å². The number of hydrogen-bond acceptors (Lipinski definition) is 5. The summed E-state index contributed by atoms with van der Waals surface area (Å²) >= 11 is 0. The van der Waals surface area contributed by atoms with Crippen LogP contribution in [0.2, 0.25) is 0 Å². The number of carbonyl (C=O) groups excluding carboxylic acids is 2. The Balaban J connectivity index is 1.53. The van der Waals surface area contributed by atoms with Crippen LogP contribution in [0.5, 0.6) is 0 Å². The van der Waals surface area contributed by atoms with Crippen molar-refractivity contribution in [3.8, 4) is 0 Å². The monoisotopic (exact) mass is 306 g/mol. The van der Waals surface area contributed by atoms with Gasteiger partial charge in [-0.2, -0.15) is 0 Å². The van der Waals surface area contributed by atoms with Gasteiger partial charge in [-0.05, 0) is 30.3 Å². The van der Waals surface area contributed by atoms with Crippen molar-refractivity contribution in [2.24, 2.45) is 23.2 Å². The van der Waals surface area contributed by atoms with Gasteiger partial charge in [-0.1, -0.05) is 13.5 Å². The van der Waals surface area contributed by atoms with Gasteiger partial charge < -0.3 is 14.2 Å². The standard InChI is InChI=1S/C17H22O5/c1-9-6-17(22-15(9)19)7-16(8-20-17)12-4-13(16)10(2)14(5-12)21-11(3)18/h9,12-14H,2,4-8H2,1,3H3/t9-,12+,13?,14-,16-,17+/m1/s1. The zero-order chi connectivity index (χ0) is 15.7. The van der Waals surface area contributed by atoms with Crippen LogP contribution in [0.1, 0.15) is 39.5 Å². The van der Waals surface area contributed by atoms with E-state index < -0.39 is 5.79 Å². The molecule has 2 saturated carbocycles. The van der Waals surface area contributed by atoms with E-state index in [4.69, 9.17) is 14.2 Å². The normalized spacial score (nSPS) is 49.4. The SMILES string of the molecule is C=C1C2C[C@@H](C[C@H]1OC(C)=O)[C@@]21CO[C@]2(C[C@@H](C)C(=O)O2)C1. The summed E-state index contributed by atoms with van der Waals surface area (Å²) in [5, 5.41) is 0. The number of fused-ring (bicyclic) bond motifs is 4. The van der Waals surface area contributed by atoms with E-state index in [1.807, 2.05) is 6.92 Å². The molecule has 0 aromatic carbocycles. The van der Waals surface area contributed by atoms with Gasteiger partial charge in [-0.3, -0.25) is 9.59 Å². The molecule has 5 heteroatoms. The third-order valence-corrected chi connectivity index (χ3v) is 6.20. The quantitative estimate of drug-likeness (QED) is 0.549. The summed E-state index contributed by atoms with van der Waals surface area (Å²) in [6.07, 6.45) is 3.15. The molecule has 4 aliphatic rings. The first-order chi connectivity index (χ1) is 10.4. The molecule has 2 heterocycles. The molecule has 0 aromatic rings. The van der Waals surface area contributed by atoms with Crippen LogP contribution in [0.25, 0.3) is 0 Å². The Labute approximate surface area is 130 Å². The molecule has 0 radical (unpaired) electrons. The van der Waals surface area contributed by atoms with Crippen molar-refractivity contribution in [3.63, 3.8) is 0 Å². The second-order valence-electron chi connectivity index (χ2n) is 7.53. The fourth-order valence-corrected chi connectivity index (χ4v) is 5.12. The highest BCUT2D eigenvalue weighted by Gasteiger charge is 2.69. The van der Waals surface area contributed by atoms with Crippen molar-refractivity contribution in [2.45, 2.75) is 51.4 Å². The summed E-state index contributed by atoms with van der Waals surface area (Å²) in [4.78, 5) is 23.0. The summed E-state index contributed by atoms with van der Waals surface area (Å²) in [6.45, 7) is 8.14. The molecule has 120 valence electrons. The molecule has 0 amide bonds. The average molecular weight is 306 g/mol. The highest BCUT2D eigenvalue weighted by molar-refractivity contribution is 5.74. The molecule has 0 N–H and O–H groups in total. The van der Waals surface area contributed by atoms with Gasteiger partial charge in [0.2, 0.25) is 5.79 Å². The Morgan fingerprint density at radius 1 is 1.41 bits per heavy atom. The van der Waals surface area contributed by atoms with Gasteiger partial charge in [0.1, 0.15) is 6.10 Å². The third kappa shape index (κ3) is 1.75. The van der Waals surface area contributed by atoms with Crippen LogP contribution in [0.3, 0.4) is 0 Å². The third-order valence-electron chi connectivity index (χ3n) is 6.20. The summed E-state index contributed by atoms with van der Waals surface area (Å²) in [5.41, 5.74) is 1.04. The zero-order valence-electron chi connectivity index (χ0n) is 13.1. The van der Waals surface area contributed by atoms with Crippen molar-refractivity contribution < 1.29 is 23.8 Å². The number of hydrogen-bond donors (Lipinski definition) is 0. The van der Waals surface area contributed by atoms with Crippen LogP contribution in [-0.4, -0.2) is 30.4 Å². The van der Waals surface area contributed by atoms with E-state index in [0.717, 1.165) is 24.8 Å². The molecule has 2 aliphatic carbocycles. The molecule has 0 aromatic heterocycles. The number of rotatable bonds is 1. The van der Waals surface area contributed by atoms with Crippen molar-refractivity contribution in [1.82, 2.24) is 0 Å². The van der Waals surface area contributed by atoms with Crippen LogP contribution in [0, 0.1) is 23.2 Å². The zero-order valence-corrected chi connectivity index (χ0v) is 13.1. The molecule has 2 aliphatic heterocycles. The highest BCUT2D eigenvalue weighted by atomic mass is 16.7. The minimum absolute atomic E-state index is 0.0259. The van der Waals surface area contributed by atoms with Gasteiger partial charge in [-0.25, -0.2) is 0 Å². The van der Waals surface area contributed by atoms with Gasteiger partial charge in [0, 0.05) is 25.2 Å². The van der Waals surface area contributed by atoms with E-state index >= 15 is 0 Å². The predicted molar refractivity (Wildman–Crippen MR) is 76.5 cm³/mol. The largest absolute Gasteiger partial charge is 0.458 e. The van der Waals surface area contributed by atoms with E-state index in [9.17, 15) is 9.59 Å². The van der Waals surface area contributed by atoms with E-state index in [1.165, 1.54) is 6.92 Å². The second-order valence-corrected chi connectivity index (χ2v) is 7.53. The second kappa shape index (κ2) is 4.34. The highest BCUT2D eigenvalue weighted by Crippen LogP contribution is 2.68. The van der Waals surface area contributed by atoms with E-state index in [-0.39, 0.29) is 29.4 Å². The van der Waals surface area contributed by atoms with E-state index in [2.05, 4.69) is 6.58 Å². The van der Waals surface area contributed by atoms with E-state index in [1.54, 1.807) is 0 Å². The lowest BCUT2D eigenvalue weighted by molar-refractivity contribution is -0.192. The van der Waals surface area contributed by atoms with Crippen molar-refractivity contribution in [3.05, 3.63) is 12.2 Å². The molecular weight excluding hydrogens is 284 g/mol. The fraction of sp³-hybridized carbons (Fsp3) is 0.765. The van der Waals surface area contributed by atoms with E-state index in [0.29, 0.717) is 24.9 Å². The Bertz CT molecular complexity index is 569. The maximum Gasteiger partial charge on any atom is 0.311 e. The van der Waals surface area contributed by atoms with Crippen molar-refractivity contribution in [1.29, 1.82) is 0 Å². The van der Waals surface area contributed by atoms with Crippen LogP contribution >= 0.6 is 0 Å². The molecule has 5 nitrogen and oxygen atoms in total. The topological polar surface area (TPSA) is 61.8 Å². The predicted octanol–water partition coefficient (Wildman–Crippen LogP) is 2.20. The minimum atomic E-state index is -0.720. The first kappa shape index (κ1) is 14.2. The fourth-order valence-electron chi connectivity index (χ4n) is 5.12. The molecule has 22 heavy (non-hydrogen) atoms. The van der Waals surface area contributed by atoms with Gasteiger partial charge in [-0.15, -0.1) is 0 Å². The molecule has 6 atom stereocenters. The summed E-state index contributed by atoms with van der Waals surface area (Å²) < 4.78 is 17.0. The van der Waals surface area contributed by atoms with Crippen molar-refractivity contribution >= 4 is 11.9 Å². The van der Waals surface area contributed by atoms with Crippen LogP contribution in [-0.2, 0) is 23.8 Å². The summed E-state index contributed by atoms with van der Waals surface area (Å²) in [6, 6.07) is 0. The molecule has 2 saturated heterocycles. The lowest BCUT2D eigenvalue weighted by atomic mass is 9.44. The molecule has 4 fully saturated rings. The Morgan fingerprint density at radius 2 is 2.18 bits per heavy atom. The Morgan fingerprint density at radius 3 is 2.77 bits per heavy atom. The van der Waals surface area contributed by atoms with Crippen LogP contribution < -0.4 is 0 Å². The lowest BCUT2D eigenvalue weighted by Gasteiger charge is -2.60. The first-order valence-corrected chi connectivity index (χ1v) is 8.08.